The topological polar surface area (TPSA) is 0 Å². The Kier molecular flexibility index (Phi) is 5.51. The molecule has 0 radical (unpaired) electrons. The molecule has 0 bridgehead atoms. The van der Waals surface area contributed by atoms with E-state index in [9.17, 15) is 22.0 Å². The van der Waals surface area contributed by atoms with Gasteiger partial charge in [-0.1, -0.05) is 24.8 Å². The minimum absolute atomic E-state index is 0.0156. The Labute approximate surface area is 159 Å². The molecule has 0 nitrogen and oxygen atoms in total. The van der Waals surface area contributed by atoms with E-state index in [2.05, 4.69) is 11.8 Å². The van der Waals surface area contributed by atoms with E-state index in [-0.39, 0.29) is 11.1 Å². The summed E-state index contributed by atoms with van der Waals surface area (Å²) in [5, 5.41) is 0. The molecular formula is C23H15F5. The van der Waals surface area contributed by atoms with Gasteiger partial charge in [0.2, 0.25) is 0 Å². The standard InChI is InChI=1S/C23H15F5/c1-3-15-12-17(22-18(24)8-13(2)9-19(22)25)7-6-16(15)5-4-14-10-20(26)23(28)21(27)11-14/h6-12H,3H2,1-2H3. The lowest BCUT2D eigenvalue weighted by Crippen LogP contribution is -1.95. The number of benzene rings is 3. The molecule has 3 rings (SSSR count). The molecule has 0 saturated heterocycles. The summed E-state index contributed by atoms with van der Waals surface area (Å²) in [5.74, 6) is -0.134. The predicted octanol–water partition coefficient (Wildman–Crippen LogP) is 6.32. The first kappa shape index (κ1) is 19.6. The largest absolute Gasteiger partial charge is 0.206 e. The van der Waals surface area contributed by atoms with E-state index < -0.39 is 29.1 Å². The van der Waals surface area contributed by atoms with Crippen molar-refractivity contribution in [1.82, 2.24) is 0 Å². The number of hydrogen-bond donors (Lipinski definition) is 0. The molecule has 5 heteroatoms. The molecule has 0 unspecified atom stereocenters. The second-order valence-corrected chi connectivity index (χ2v) is 6.33. The van der Waals surface area contributed by atoms with Gasteiger partial charge < -0.3 is 0 Å². The van der Waals surface area contributed by atoms with Crippen LogP contribution in [-0.4, -0.2) is 0 Å². The minimum Gasteiger partial charge on any atom is -0.206 e. The summed E-state index contributed by atoms with van der Waals surface area (Å²) >= 11 is 0. The number of aryl methyl sites for hydroxylation is 2. The van der Waals surface area contributed by atoms with Gasteiger partial charge in [0.15, 0.2) is 17.5 Å². The lowest BCUT2D eigenvalue weighted by molar-refractivity contribution is 0.446. The summed E-state index contributed by atoms with van der Waals surface area (Å²) in [7, 11) is 0. The van der Waals surface area contributed by atoms with Gasteiger partial charge in [-0.2, -0.15) is 0 Å². The molecule has 28 heavy (non-hydrogen) atoms. The molecule has 0 fully saturated rings. The van der Waals surface area contributed by atoms with E-state index in [0.717, 1.165) is 12.1 Å². The fourth-order valence-corrected chi connectivity index (χ4v) is 2.91. The lowest BCUT2D eigenvalue weighted by atomic mass is 9.96. The Balaban J connectivity index is 2.03. The summed E-state index contributed by atoms with van der Waals surface area (Å²) < 4.78 is 68.1. The van der Waals surface area contributed by atoms with E-state index in [1.54, 1.807) is 19.1 Å². The maximum Gasteiger partial charge on any atom is 0.194 e. The zero-order valence-corrected chi connectivity index (χ0v) is 15.1. The van der Waals surface area contributed by atoms with E-state index in [0.29, 0.717) is 28.7 Å². The molecule has 0 spiro atoms. The van der Waals surface area contributed by atoms with Crippen LogP contribution in [0.2, 0.25) is 0 Å². The maximum atomic E-state index is 14.2. The van der Waals surface area contributed by atoms with Gasteiger partial charge in [-0.05, 0) is 66.4 Å². The average molecular weight is 386 g/mol. The number of rotatable bonds is 2. The van der Waals surface area contributed by atoms with Crippen molar-refractivity contribution < 1.29 is 22.0 Å². The molecule has 0 aliphatic rings. The van der Waals surface area contributed by atoms with Gasteiger partial charge in [0.1, 0.15) is 11.6 Å². The van der Waals surface area contributed by atoms with Crippen LogP contribution in [0.3, 0.4) is 0 Å². The molecule has 3 aromatic carbocycles. The van der Waals surface area contributed by atoms with Gasteiger partial charge in [-0.25, -0.2) is 22.0 Å². The second kappa shape index (κ2) is 7.85. The predicted molar refractivity (Wildman–Crippen MR) is 98.2 cm³/mol. The number of halogens is 5. The highest BCUT2D eigenvalue weighted by Crippen LogP contribution is 2.29. The summed E-state index contributed by atoms with van der Waals surface area (Å²) in [6.45, 7) is 3.45. The first-order chi connectivity index (χ1) is 13.3. The molecule has 0 amide bonds. The Hall–Kier alpha value is -3.13. The third kappa shape index (κ3) is 3.91. The Bertz CT molecular complexity index is 1070. The molecular weight excluding hydrogens is 371 g/mol. The van der Waals surface area contributed by atoms with Gasteiger partial charge in [0, 0.05) is 11.1 Å². The molecule has 0 aromatic heterocycles. The van der Waals surface area contributed by atoms with Crippen molar-refractivity contribution in [1.29, 1.82) is 0 Å². The second-order valence-electron chi connectivity index (χ2n) is 6.33. The van der Waals surface area contributed by atoms with Crippen molar-refractivity contribution >= 4 is 0 Å². The first-order valence-corrected chi connectivity index (χ1v) is 8.55. The van der Waals surface area contributed by atoms with E-state index in [1.807, 2.05) is 6.92 Å². The molecule has 0 atom stereocenters. The van der Waals surface area contributed by atoms with E-state index in [1.165, 1.54) is 18.2 Å². The van der Waals surface area contributed by atoms with Gasteiger partial charge in [0.05, 0.1) is 5.56 Å². The zero-order valence-electron chi connectivity index (χ0n) is 15.1. The third-order valence-corrected chi connectivity index (χ3v) is 4.29. The monoisotopic (exact) mass is 386 g/mol. The molecule has 3 aromatic rings. The zero-order chi connectivity index (χ0) is 20.4. The summed E-state index contributed by atoms with van der Waals surface area (Å²) in [6, 6.07) is 8.89. The van der Waals surface area contributed by atoms with Crippen molar-refractivity contribution in [3.8, 4) is 23.0 Å². The summed E-state index contributed by atoms with van der Waals surface area (Å²) in [5.41, 5.74) is 1.98. The molecule has 142 valence electrons. The van der Waals surface area contributed by atoms with Gasteiger partial charge >= 0.3 is 0 Å². The first-order valence-electron chi connectivity index (χ1n) is 8.55. The normalized spacial score (nSPS) is 10.5. The van der Waals surface area contributed by atoms with Crippen LogP contribution >= 0.6 is 0 Å². The highest BCUT2D eigenvalue weighted by atomic mass is 19.2. The summed E-state index contributed by atoms with van der Waals surface area (Å²) in [4.78, 5) is 0. The average Bonchev–Trinajstić information content (AvgIpc) is 2.63. The Morgan fingerprint density at radius 1 is 0.750 bits per heavy atom. The van der Waals surface area contributed by atoms with Crippen molar-refractivity contribution in [3.05, 3.63) is 93.8 Å². The highest BCUT2D eigenvalue weighted by Gasteiger charge is 2.14. The fraction of sp³-hybridized carbons (Fsp3) is 0.130. The van der Waals surface area contributed by atoms with Crippen LogP contribution < -0.4 is 0 Å². The van der Waals surface area contributed by atoms with Gasteiger partial charge in [-0.3, -0.25) is 0 Å². The van der Waals surface area contributed by atoms with Gasteiger partial charge in [-0.15, -0.1) is 0 Å². The van der Waals surface area contributed by atoms with Crippen LogP contribution in [0.25, 0.3) is 11.1 Å². The van der Waals surface area contributed by atoms with E-state index in [4.69, 9.17) is 0 Å². The van der Waals surface area contributed by atoms with Crippen molar-refractivity contribution in [2.24, 2.45) is 0 Å². The molecule has 0 N–H and O–H groups in total. The van der Waals surface area contributed by atoms with Crippen LogP contribution in [-0.2, 0) is 6.42 Å². The van der Waals surface area contributed by atoms with Crippen LogP contribution in [0.4, 0.5) is 22.0 Å². The van der Waals surface area contributed by atoms with Crippen molar-refractivity contribution in [2.75, 3.05) is 0 Å². The number of hydrogen-bond acceptors (Lipinski definition) is 0. The molecule has 0 aliphatic heterocycles. The SMILES string of the molecule is CCc1cc(-c2c(F)cc(C)cc2F)ccc1C#Cc1cc(F)c(F)c(F)c1. The molecule has 0 aliphatic carbocycles. The fourth-order valence-electron chi connectivity index (χ4n) is 2.91. The van der Waals surface area contributed by atoms with Crippen LogP contribution in [0.1, 0.15) is 29.2 Å². The van der Waals surface area contributed by atoms with Crippen LogP contribution in [0.5, 0.6) is 0 Å². The van der Waals surface area contributed by atoms with E-state index >= 15 is 0 Å². The third-order valence-electron chi connectivity index (χ3n) is 4.29. The quantitative estimate of drug-likeness (QED) is 0.275. The molecule has 0 heterocycles. The van der Waals surface area contributed by atoms with Crippen molar-refractivity contribution in [3.63, 3.8) is 0 Å². The summed E-state index contributed by atoms with van der Waals surface area (Å²) in [6.07, 6.45) is 0.527. The lowest BCUT2D eigenvalue weighted by Gasteiger charge is -2.10. The Morgan fingerprint density at radius 2 is 1.36 bits per heavy atom. The Morgan fingerprint density at radius 3 is 1.93 bits per heavy atom. The highest BCUT2D eigenvalue weighted by molar-refractivity contribution is 5.68. The van der Waals surface area contributed by atoms with Crippen molar-refractivity contribution in [2.45, 2.75) is 20.3 Å². The van der Waals surface area contributed by atoms with Gasteiger partial charge in [0.25, 0.3) is 0 Å². The van der Waals surface area contributed by atoms with Crippen LogP contribution in [0, 0.1) is 47.9 Å². The maximum absolute atomic E-state index is 14.2. The smallest absolute Gasteiger partial charge is 0.194 e. The minimum atomic E-state index is -1.55. The molecule has 0 saturated carbocycles. The van der Waals surface area contributed by atoms with Crippen LogP contribution in [0.15, 0.2) is 42.5 Å².